The molecule has 6 heteroatoms. The average molecular weight is 383 g/mol. The van der Waals surface area contributed by atoms with E-state index in [-0.39, 0.29) is 17.9 Å². The number of Topliss-reactive ketones (excluding diaryl/α,β-unsaturated/α-hetero) is 1. The number of amides is 1. The summed E-state index contributed by atoms with van der Waals surface area (Å²) >= 11 is 0. The van der Waals surface area contributed by atoms with E-state index in [0.29, 0.717) is 18.3 Å². The van der Waals surface area contributed by atoms with Crippen LogP contribution >= 0.6 is 0 Å². The summed E-state index contributed by atoms with van der Waals surface area (Å²) in [6, 6.07) is 10.3. The van der Waals surface area contributed by atoms with Gasteiger partial charge in [-0.15, -0.1) is 0 Å². The van der Waals surface area contributed by atoms with Crippen molar-refractivity contribution in [2.45, 2.75) is 32.7 Å². The predicted molar refractivity (Wildman–Crippen MR) is 104 cm³/mol. The van der Waals surface area contributed by atoms with Gasteiger partial charge in [0.1, 0.15) is 5.76 Å². The Morgan fingerprint density at radius 1 is 1.21 bits per heavy atom. The van der Waals surface area contributed by atoms with Crippen LogP contribution in [0.15, 0.2) is 52.1 Å². The first-order valence-electron chi connectivity index (χ1n) is 9.29. The highest BCUT2D eigenvalue weighted by Crippen LogP contribution is 2.39. The summed E-state index contributed by atoms with van der Waals surface area (Å²) in [5.41, 5.74) is 1.94. The summed E-state index contributed by atoms with van der Waals surface area (Å²) in [6.45, 7) is 6.47. The number of ketones is 1. The predicted octanol–water partition coefficient (Wildman–Crippen LogP) is 3.94. The highest BCUT2D eigenvalue weighted by molar-refractivity contribution is 6.15. The lowest BCUT2D eigenvalue weighted by atomic mass is 9.93. The zero-order valence-corrected chi connectivity index (χ0v) is 16.6. The molecule has 0 radical (unpaired) electrons. The molecule has 1 atom stereocenters. The summed E-state index contributed by atoms with van der Waals surface area (Å²) in [7, 11) is 1.54. The molecule has 0 saturated carbocycles. The molecule has 28 heavy (non-hydrogen) atoms. The Bertz CT molecular complexity index is 907. The van der Waals surface area contributed by atoms with E-state index in [0.717, 1.165) is 11.1 Å². The van der Waals surface area contributed by atoms with E-state index < -0.39 is 23.5 Å². The third-order valence-corrected chi connectivity index (χ3v) is 4.97. The van der Waals surface area contributed by atoms with Gasteiger partial charge in [0.2, 0.25) is 5.78 Å². The SMILES string of the molecule is COCCN1C(=O)C(O)=C(C(=O)c2ccc(C)o2)[C@H]1c1ccc(C(C)C)cc1. The van der Waals surface area contributed by atoms with E-state index in [9.17, 15) is 14.7 Å². The van der Waals surface area contributed by atoms with Crippen LogP contribution in [0.3, 0.4) is 0 Å². The average Bonchev–Trinajstić information content (AvgIpc) is 3.22. The van der Waals surface area contributed by atoms with Crippen LogP contribution in [0.4, 0.5) is 0 Å². The van der Waals surface area contributed by atoms with Crippen LogP contribution in [0.5, 0.6) is 0 Å². The molecule has 2 heterocycles. The Morgan fingerprint density at radius 3 is 2.43 bits per heavy atom. The first-order chi connectivity index (χ1) is 13.3. The third-order valence-electron chi connectivity index (χ3n) is 4.97. The van der Waals surface area contributed by atoms with Crippen molar-refractivity contribution >= 4 is 11.7 Å². The molecule has 148 valence electrons. The van der Waals surface area contributed by atoms with Gasteiger partial charge in [0.25, 0.3) is 5.91 Å². The van der Waals surface area contributed by atoms with Crippen LogP contribution in [0, 0.1) is 6.92 Å². The molecule has 1 N–H and O–H groups in total. The Morgan fingerprint density at radius 2 is 1.89 bits per heavy atom. The van der Waals surface area contributed by atoms with E-state index >= 15 is 0 Å². The topological polar surface area (TPSA) is 80.0 Å². The fourth-order valence-corrected chi connectivity index (χ4v) is 3.40. The number of aryl methyl sites for hydroxylation is 1. The van der Waals surface area contributed by atoms with Gasteiger partial charge in [-0.3, -0.25) is 9.59 Å². The number of benzene rings is 1. The summed E-state index contributed by atoms with van der Waals surface area (Å²) in [4.78, 5) is 27.2. The Hall–Kier alpha value is -2.86. The molecular formula is C22H25NO5. The summed E-state index contributed by atoms with van der Waals surface area (Å²) in [5, 5.41) is 10.5. The molecule has 1 aromatic heterocycles. The number of aliphatic hydroxyl groups is 1. The maximum Gasteiger partial charge on any atom is 0.290 e. The van der Waals surface area contributed by atoms with Gasteiger partial charge in [-0.05, 0) is 36.1 Å². The molecule has 0 saturated heterocycles. The van der Waals surface area contributed by atoms with Crippen molar-refractivity contribution in [1.82, 2.24) is 4.90 Å². The number of rotatable bonds is 7. The van der Waals surface area contributed by atoms with Crippen LogP contribution < -0.4 is 0 Å². The van der Waals surface area contributed by atoms with Crippen LogP contribution in [-0.4, -0.2) is 42.0 Å². The summed E-state index contributed by atoms with van der Waals surface area (Å²) < 4.78 is 10.6. The first-order valence-corrected chi connectivity index (χ1v) is 9.29. The first kappa shape index (κ1) is 19.9. The molecule has 0 fully saturated rings. The Labute approximate surface area is 164 Å². The highest BCUT2D eigenvalue weighted by atomic mass is 16.5. The zero-order chi connectivity index (χ0) is 20.4. The number of methoxy groups -OCH3 is 1. The van der Waals surface area contributed by atoms with Crippen molar-refractivity contribution in [1.29, 1.82) is 0 Å². The van der Waals surface area contributed by atoms with Gasteiger partial charge < -0.3 is 19.2 Å². The van der Waals surface area contributed by atoms with Gasteiger partial charge in [-0.25, -0.2) is 0 Å². The molecule has 0 aliphatic carbocycles. The molecular weight excluding hydrogens is 358 g/mol. The largest absolute Gasteiger partial charge is 0.503 e. The Kier molecular flexibility index (Phi) is 5.70. The van der Waals surface area contributed by atoms with Crippen molar-refractivity contribution in [2.75, 3.05) is 20.3 Å². The number of nitrogens with zero attached hydrogens (tertiary/aromatic N) is 1. The second kappa shape index (κ2) is 8.02. The lowest BCUT2D eigenvalue weighted by Crippen LogP contribution is -2.34. The molecule has 3 rings (SSSR count). The molecule has 6 nitrogen and oxygen atoms in total. The lowest BCUT2D eigenvalue weighted by molar-refractivity contribution is -0.130. The molecule has 1 aliphatic rings. The minimum atomic E-state index is -0.693. The van der Waals surface area contributed by atoms with Gasteiger partial charge in [-0.1, -0.05) is 38.1 Å². The van der Waals surface area contributed by atoms with Crippen molar-refractivity contribution in [3.63, 3.8) is 0 Å². The van der Waals surface area contributed by atoms with Gasteiger partial charge in [0, 0.05) is 13.7 Å². The van der Waals surface area contributed by atoms with Crippen molar-refractivity contribution < 1.29 is 23.8 Å². The molecule has 2 aromatic rings. The molecule has 0 spiro atoms. The molecule has 0 bridgehead atoms. The molecule has 1 amide bonds. The van der Waals surface area contributed by atoms with Crippen LogP contribution in [0.1, 0.15) is 53.2 Å². The van der Waals surface area contributed by atoms with E-state index in [1.807, 2.05) is 24.3 Å². The molecule has 1 aromatic carbocycles. The van der Waals surface area contributed by atoms with Crippen molar-refractivity contribution in [3.05, 3.63) is 70.4 Å². The number of carbonyl (C=O) groups excluding carboxylic acids is 2. The summed E-state index contributed by atoms with van der Waals surface area (Å²) in [6.07, 6.45) is 0. The van der Waals surface area contributed by atoms with Crippen LogP contribution in [0.2, 0.25) is 0 Å². The van der Waals surface area contributed by atoms with Gasteiger partial charge in [0.05, 0.1) is 18.2 Å². The number of hydrogen-bond donors (Lipinski definition) is 1. The number of furan rings is 1. The summed E-state index contributed by atoms with van der Waals surface area (Å²) in [5.74, 6) is -0.558. The monoisotopic (exact) mass is 383 g/mol. The normalized spacial score (nSPS) is 17.1. The number of hydrogen-bond acceptors (Lipinski definition) is 5. The number of aliphatic hydroxyl groups excluding tert-OH is 1. The fourth-order valence-electron chi connectivity index (χ4n) is 3.40. The maximum absolute atomic E-state index is 13.1. The van der Waals surface area contributed by atoms with Crippen LogP contribution in [-0.2, 0) is 9.53 Å². The maximum atomic E-state index is 13.1. The smallest absolute Gasteiger partial charge is 0.290 e. The van der Waals surface area contributed by atoms with E-state index in [4.69, 9.17) is 9.15 Å². The highest BCUT2D eigenvalue weighted by Gasteiger charge is 2.44. The second-order valence-corrected chi connectivity index (χ2v) is 7.22. The van der Waals surface area contributed by atoms with E-state index in [2.05, 4.69) is 13.8 Å². The standard InChI is InChI=1S/C22H25NO5/c1-13(2)15-6-8-16(9-7-15)19-18(20(24)17-10-5-14(3)28-17)21(25)22(26)23(19)11-12-27-4/h5-10,13,19,25H,11-12H2,1-4H3/t19-/m1/s1. The van der Waals surface area contributed by atoms with Crippen molar-refractivity contribution in [2.24, 2.45) is 0 Å². The minimum absolute atomic E-state index is 0.0350. The van der Waals surface area contributed by atoms with Crippen molar-refractivity contribution in [3.8, 4) is 0 Å². The number of carbonyl (C=O) groups is 2. The zero-order valence-electron chi connectivity index (χ0n) is 16.6. The van der Waals surface area contributed by atoms with Gasteiger partial charge in [-0.2, -0.15) is 0 Å². The second-order valence-electron chi connectivity index (χ2n) is 7.22. The quantitative estimate of drug-likeness (QED) is 0.733. The van der Waals surface area contributed by atoms with E-state index in [1.54, 1.807) is 19.1 Å². The van der Waals surface area contributed by atoms with E-state index in [1.165, 1.54) is 12.0 Å². The molecule has 1 aliphatic heterocycles. The minimum Gasteiger partial charge on any atom is -0.503 e. The Balaban J connectivity index is 2.05. The fraction of sp³-hybridized carbons (Fsp3) is 0.364. The van der Waals surface area contributed by atoms with Gasteiger partial charge >= 0.3 is 0 Å². The third kappa shape index (κ3) is 3.60. The lowest BCUT2D eigenvalue weighted by Gasteiger charge is -2.26. The number of ether oxygens (including phenoxy) is 1. The molecule has 0 unspecified atom stereocenters. The van der Waals surface area contributed by atoms with Crippen LogP contribution in [0.25, 0.3) is 0 Å². The van der Waals surface area contributed by atoms with Gasteiger partial charge in [0.15, 0.2) is 11.5 Å².